The summed E-state index contributed by atoms with van der Waals surface area (Å²) in [5.74, 6) is 0. The molecule has 1 aromatic heterocycles. The molecule has 0 aliphatic carbocycles. The Labute approximate surface area is 247 Å². The molecule has 2 nitrogen and oxygen atoms in total. The Morgan fingerprint density at radius 3 is 1.98 bits per heavy atom. The second kappa shape index (κ2) is 13.9. The monoisotopic (exact) mass is 544 g/mol. The quantitative estimate of drug-likeness (QED) is 0.134. The third-order valence-electron chi connectivity index (χ3n) is 8.64. The number of anilines is 1. The first-order valence-electron chi connectivity index (χ1n) is 16.1. The van der Waals surface area contributed by atoms with Crippen LogP contribution in [0.5, 0.6) is 0 Å². The van der Waals surface area contributed by atoms with Crippen LogP contribution in [0.15, 0.2) is 72.8 Å². The number of aromatic amines is 1. The van der Waals surface area contributed by atoms with Crippen LogP contribution in [0.2, 0.25) is 0 Å². The van der Waals surface area contributed by atoms with Gasteiger partial charge in [0.05, 0.1) is 0 Å². The van der Waals surface area contributed by atoms with E-state index >= 15 is 0 Å². The van der Waals surface area contributed by atoms with Gasteiger partial charge < -0.3 is 10.3 Å². The van der Waals surface area contributed by atoms with Crippen molar-refractivity contribution in [2.24, 2.45) is 0 Å². The molecule has 0 aliphatic rings. The Morgan fingerprint density at radius 2 is 1.27 bits per heavy atom. The summed E-state index contributed by atoms with van der Waals surface area (Å²) in [5, 5.41) is 6.12. The van der Waals surface area contributed by atoms with E-state index in [1.54, 1.807) is 0 Å². The van der Waals surface area contributed by atoms with Crippen molar-refractivity contribution in [2.75, 3.05) is 11.9 Å². The number of fused-ring (bicyclic) bond motifs is 3. The number of para-hydroxylation sites is 1. The van der Waals surface area contributed by atoms with Gasteiger partial charge in [-0.3, -0.25) is 0 Å². The molecule has 0 fully saturated rings. The SMILES string of the molecule is CCCCCCc1cc(-c2ccc(NCC)cc2C)c(CCCCCC)cc1-c1ccc2[nH]c3ccccc3c2c1. The van der Waals surface area contributed by atoms with Crippen molar-refractivity contribution in [1.29, 1.82) is 0 Å². The van der Waals surface area contributed by atoms with Crippen LogP contribution >= 0.6 is 0 Å². The highest BCUT2D eigenvalue weighted by atomic mass is 14.8. The van der Waals surface area contributed by atoms with E-state index in [9.17, 15) is 0 Å². The van der Waals surface area contributed by atoms with Crippen molar-refractivity contribution in [3.63, 3.8) is 0 Å². The zero-order chi connectivity index (χ0) is 28.6. The number of aromatic nitrogens is 1. The number of nitrogens with one attached hydrogen (secondary N) is 2. The fraction of sp³-hybridized carbons (Fsp3) is 0.385. The topological polar surface area (TPSA) is 27.8 Å². The summed E-state index contributed by atoms with van der Waals surface area (Å²) in [6.07, 6.45) is 12.5. The van der Waals surface area contributed by atoms with E-state index < -0.39 is 0 Å². The summed E-state index contributed by atoms with van der Waals surface area (Å²) in [5.41, 5.74) is 13.5. The Bertz CT molecular complexity index is 1590. The molecular weight excluding hydrogens is 496 g/mol. The van der Waals surface area contributed by atoms with Gasteiger partial charge >= 0.3 is 0 Å². The van der Waals surface area contributed by atoms with Gasteiger partial charge in [-0.1, -0.05) is 94.8 Å². The number of benzene rings is 4. The molecule has 0 spiro atoms. The maximum absolute atomic E-state index is 3.62. The van der Waals surface area contributed by atoms with Gasteiger partial charge in [0.25, 0.3) is 0 Å². The van der Waals surface area contributed by atoms with Crippen molar-refractivity contribution in [3.8, 4) is 22.3 Å². The summed E-state index contributed by atoms with van der Waals surface area (Å²) in [7, 11) is 0. The Hall–Kier alpha value is -3.52. The molecule has 5 rings (SSSR count). The van der Waals surface area contributed by atoms with Gasteiger partial charge in [0.2, 0.25) is 0 Å². The van der Waals surface area contributed by atoms with E-state index in [-0.39, 0.29) is 0 Å². The molecule has 1 heterocycles. The second-order valence-electron chi connectivity index (χ2n) is 11.8. The molecule has 0 atom stereocenters. The number of H-pyrrole nitrogens is 1. The first-order chi connectivity index (χ1) is 20.1. The zero-order valence-electron chi connectivity index (χ0n) is 25.7. The summed E-state index contributed by atoms with van der Waals surface area (Å²) < 4.78 is 0. The van der Waals surface area contributed by atoms with Crippen molar-refractivity contribution in [3.05, 3.63) is 89.5 Å². The lowest BCUT2D eigenvalue weighted by atomic mass is 9.85. The predicted molar refractivity (Wildman–Crippen MR) is 181 cm³/mol. The molecule has 41 heavy (non-hydrogen) atoms. The highest BCUT2D eigenvalue weighted by Gasteiger charge is 2.16. The average molecular weight is 545 g/mol. The summed E-state index contributed by atoms with van der Waals surface area (Å²) >= 11 is 0. The Kier molecular flexibility index (Phi) is 9.83. The largest absolute Gasteiger partial charge is 0.385 e. The summed E-state index contributed by atoms with van der Waals surface area (Å²) in [6, 6.07) is 27.8. The van der Waals surface area contributed by atoms with Crippen LogP contribution in [-0.4, -0.2) is 11.5 Å². The molecule has 0 aliphatic heterocycles. The predicted octanol–water partition coefficient (Wildman–Crippen LogP) is 11.6. The van der Waals surface area contributed by atoms with Crippen LogP contribution < -0.4 is 5.32 Å². The fourth-order valence-corrected chi connectivity index (χ4v) is 6.40. The number of aryl methyl sites for hydroxylation is 3. The summed E-state index contributed by atoms with van der Waals surface area (Å²) in [4.78, 5) is 3.62. The van der Waals surface area contributed by atoms with Gasteiger partial charge in [-0.25, -0.2) is 0 Å². The molecule has 0 bridgehead atoms. The van der Waals surface area contributed by atoms with Crippen molar-refractivity contribution in [2.45, 2.75) is 91.9 Å². The lowest BCUT2D eigenvalue weighted by molar-refractivity contribution is 0.664. The highest BCUT2D eigenvalue weighted by Crippen LogP contribution is 2.38. The van der Waals surface area contributed by atoms with Crippen LogP contribution in [0.25, 0.3) is 44.1 Å². The van der Waals surface area contributed by atoms with Crippen molar-refractivity contribution in [1.82, 2.24) is 4.98 Å². The zero-order valence-corrected chi connectivity index (χ0v) is 25.7. The smallest absolute Gasteiger partial charge is 0.0465 e. The number of unbranched alkanes of at least 4 members (excludes halogenated alkanes) is 6. The first kappa shape index (κ1) is 29.0. The molecule has 4 aromatic carbocycles. The molecule has 0 saturated heterocycles. The molecule has 0 amide bonds. The minimum Gasteiger partial charge on any atom is -0.385 e. The van der Waals surface area contributed by atoms with E-state index in [2.05, 4.69) is 111 Å². The van der Waals surface area contributed by atoms with Crippen LogP contribution in [-0.2, 0) is 12.8 Å². The normalized spacial score (nSPS) is 11.5. The minimum absolute atomic E-state index is 0.943. The van der Waals surface area contributed by atoms with Crippen molar-refractivity contribution < 1.29 is 0 Å². The molecule has 2 heteroatoms. The van der Waals surface area contributed by atoms with Gasteiger partial charge in [0.15, 0.2) is 0 Å². The lowest BCUT2D eigenvalue weighted by Crippen LogP contribution is -2.01. The number of hydrogen-bond acceptors (Lipinski definition) is 1. The standard InChI is InChI=1S/C39H48N2/c1-5-8-10-12-16-29-26-36(33-22-21-32(40-7-3)24-28(33)4)30(17-13-11-9-6-2)25-35(29)31-20-23-39-37(27-31)34-18-14-15-19-38(34)41-39/h14-15,18-27,40-41H,5-13,16-17H2,1-4H3. The minimum atomic E-state index is 0.943. The van der Waals surface area contributed by atoms with Crippen molar-refractivity contribution >= 4 is 27.5 Å². The highest BCUT2D eigenvalue weighted by molar-refractivity contribution is 6.08. The first-order valence-corrected chi connectivity index (χ1v) is 16.1. The van der Waals surface area contributed by atoms with E-state index in [4.69, 9.17) is 0 Å². The van der Waals surface area contributed by atoms with Gasteiger partial charge in [0.1, 0.15) is 0 Å². The molecule has 0 saturated carbocycles. The maximum Gasteiger partial charge on any atom is 0.0465 e. The third kappa shape index (κ3) is 6.70. The van der Waals surface area contributed by atoms with Crippen LogP contribution in [0.3, 0.4) is 0 Å². The number of hydrogen-bond donors (Lipinski definition) is 2. The van der Waals surface area contributed by atoms with E-state index in [1.165, 1.54) is 118 Å². The Morgan fingerprint density at radius 1 is 0.585 bits per heavy atom. The second-order valence-corrected chi connectivity index (χ2v) is 11.8. The van der Waals surface area contributed by atoms with Gasteiger partial charge in [-0.2, -0.15) is 0 Å². The number of rotatable bonds is 14. The van der Waals surface area contributed by atoms with Crippen LogP contribution in [0.4, 0.5) is 5.69 Å². The summed E-state index contributed by atoms with van der Waals surface area (Å²) in [6.45, 7) is 9.98. The lowest BCUT2D eigenvalue weighted by Gasteiger charge is -2.20. The van der Waals surface area contributed by atoms with Gasteiger partial charge in [0, 0.05) is 34.0 Å². The van der Waals surface area contributed by atoms with Gasteiger partial charge in [-0.05, 0) is 109 Å². The Balaban J connectivity index is 1.64. The average Bonchev–Trinajstić information content (AvgIpc) is 3.36. The fourth-order valence-electron chi connectivity index (χ4n) is 6.40. The van der Waals surface area contributed by atoms with E-state index in [0.717, 1.165) is 19.4 Å². The maximum atomic E-state index is 3.62. The molecule has 0 radical (unpaired) electrons. The molecule has 2 N–H and O–H groups in total. The van der Waals surface area contributed by atoms with Crippen LogP contribution in [0.1, 0.15) is 88.8 Å². The molecule has 214 valence electrons. The molecule has 5 aromatic rings. The molecule has 0 unspecified atom stereocenters. The van der Waals surface area contributed by atoms with E-state index in [1.807, 2.05) is 0 Å². The van der Waals surface area contributed by atoms with E-state index in [0.29, 0.717) is 0 Å². The molecular formula is C39H48N2. The van der Waals surface area contributed by atoms with Gasteiger partial charge in [-0.15, -0.1) is 0 Å². The third-order valence-corrected chi connectivity index (χ3v) is 8.64. The van der Waals surface area contributed by atoms with Crippen LogP contribution in [0, 0.1) is 6.92 Å².